The van der Waals surface area contributed by atoms with Gasteiger partial charge in [-0.1, -0.05) is 18.2 Å². The van der Waals surface area contributed by atoms with E-state index in [1.807, 2.05) is 35.9 Å². The first-order valence-corrected chi connectivity index (χ1v) is 13.6. The number of imidazole rings is 1. The summed E-state index contributed by atoms with van der Waals surface area (Å²) in [5.74, 6) is 0.589. The van der Waals surface area contributed by atoms with Crippen LogP contribution in [-0.2, 0) is 32.7 Å². The van der Waals surface area contributed by atoms with Gasteiger partial charge in [0.2, 0.25) is 0 Å². The van der Waals surface area contributed by atoms with Crippen LogP contribution in [0.15, 0.2) is 61.2 Å². The van der Waals surface area contributed by atoms with Gasteiger partial charge in [0.25, 0.3) is 5.91 Å². The number of benzene rings is 2. The molecule has 0 aliphatic carbocycles. The van der Waals surface area contributed by atoms with Crippen LogP contribution in [0.1, 0.15) is 58.5 Å². The van der Waals surface area contributed by atoms with Crippen LogP contribution in [0.3, 0.4) is 0 Å². The molecule has 3 aromatic heterocycles. The minimum Gasteiger partial charge on any atom is -0.345 e. The highest BCUT2D eigenvalue weighted by Gasteiger charge is 2.39. The number of aromatic nitrogens is 5. The fourth-order valence-corrected chi connectivity index (χ4v) is 5.89. The number of hydrogen-bond donors (Lipinski definition) is 0. The summed E-state index contributed by atoms with van der Waals surface area (Å²) in [5.41, 5.74) is 3.38. The summed E-state index contributed by atoms with van der Waals surface area (Å²) in [4.78, 5) is 20.1. The standard InChI is InChI=1S/C31H31F3N6O/c1-19(2)40-17-22(23-7-5-6-8-28(23)40)16-39-11-9-24-25(27-18-37(4)36-29(27)31(32,33)34)13-21(14-26(24)30(39)41)15-38-12-10-35-20(38)3/h5-8,10,12-14,17-19H,9,11,15-16H2,1-4H3. The van der Waals surface area contributed by atoms with E-state index in [9.17, 15) is 18.0 Å². The lowest BCUT2D eigenvalue weighted by Gasteiger charge is -2.30. The molecular formula is C31H31F3N6O. The van der Waals surface area contributed by atoms with E-state index in [2.05, 4.69) is 46.8 Å². The summed E-state index contributed by atoms with van der Waals surface area (Å²) in [6.45, 7) is 7.31. The predicted octanol–water partition coefficient (Wildman–Crippen LogP) is 6.39. The van der Waals surface area contributed by atoms with Gasteiger partial charge in [0.1, 0.15) is 5.82 Å². The van der Waals surface area contributed by atoms with Crippen molar-refractivity contribution in [2.24, 2.45) is 7.05 Å². The molecule has 0 radical (unpaired) electrons. The van der Waals surface area contributed by atoms with E-state index in [0.29, 0.717) is 42.7 Å². The number of carbonyl (C=O) groups is 1. The van der Waals surface area contributed by atoms with E-state index in [-0.39, 0.29) is 17.5 Å². The van der Waals surface area contributed by atoms with E-state index < -0.39 is 11.9 Å². The molecule has 0 bridgehead atoms. The highest BCUT2D eigenvalue weighted by molar-refractivity contribution is 5.99. The van der Waals surface area contributed by atoms with Crippen LogP contribution in [0.5, 0.6) is 0 Å². The molecule has 1 amide bonds. The molecule has 4 heterocycles. The van der Waals surface area contributed by atoms with Crippen molar-refractivity contribution in [1.82, 2.24) is 28.8 Å². The van der Waals surface area contributed by atoms with Crippen molar-refractivity contribution < 1.29 is 18.0 Å². The fourth-order valence-electron chi connectivity index (χ4n) is 5.89. The Morgan fingerprint density at radius 3 is 2.49 bits per heavy atom. The summed E-state index contributed by atoms with van der Waals surface area (Å²) < 4.78 is 47.4. The fraction of sp³-hybridized carbons (Fsp3) is 0.323. The van der Waals surface area contributed by atoms with E-state index in [1.54, 1.807) is 17.2 Å². The van der Waals surface area contributed by atoms with E-state index in [0.717, 1.165) is 27.9 Å². The van der Waals surface area contributed by atoms with Crippen LogP contribution < -0.4 is 0 Å². The molecule has 0 atom stereocenters. The van der Waals surface area contributed by atoms with Crippen LogP contribution in [0.25, 0.3) is 22.0 Å². The Morgan fingerprint density at radius 2 is 1.78 bits per heavy atom. The Hall–Kier alpha value is -4.34. The maximum Gasteiger partial charge on any atom is 0.435 e. The molecule has 6 rings (SSSR count). The maximum absolute atomic E-state index is 14.0. The lowest BCUT2D eigenvalue weighted by atomic mass is 9.88. The molecule has 0 spiro atoms. The molecule has 0 unspecified atom stereocenters. The number of nitrogens with zero attached hydrogens (tertiary/aromatic N) is 6. The van der Waals surface area contributed by atoms with Gasteiger partial charge in [0, 0.05) is 79.5 Å². The van der Waals surface area contributed by atoms with Crippen molar-refractivity contribution in [2.45, 2.75) is 52.5 Å². The first-order valence-electron chi connectivity index (χ1n) is 13.6. The second-order valence-corrected chi connectivity index (χ2v) is 11.0. The van der Waals surface area contributed by atoms with Gasteiger partial charge in [-0.15, -0.1) is 0 Å². The maximum atomic E-state index is 14.0. The van der Waals surface area contributed by atoms with E-state index in [1.165, 1.54) is 17.9 Å². The first kappa shape index (κ1) is 26.9. The van der Waals surface area contributed by atoms with Crippen molar-refractivity contribution in [2.75, 3.05) is 6.54 Å². The highest BCUT2D eigenvalue weighted by atomic mass is 19.4. The van der Waals surface area contributed by atoms with Crippen LogP contribution in [0, 0.1) is 6.92 Å². The number of halogens is 3. The normalized spacial score (nSPS) is 14.0. The molecule has 7 nitrogen and oxygen atoms in total. The Kier molecular flexibility index (Phi) is 6.51. The minimum absolute atomic E-state index is 0.0123. The Bertz CT molecular complexity index is 1770. The molecule has 0 N–H and O–H groups in total. The minimum atomic E-state index is -4.63. The second-order valence-electron chi connectivity index (χ2n) is 11.0. The van der Waals surface area contributed by atoms with Gasteiger partial charge in [-0.2, -0.15) is 18.3 Å². The number of alkyl halides is 3. The van der Waals surface area contributed by atoms with E-state index in [4.69, 9.17) is 0 Å². The molecule has 1 aliphatic heterocycles. The second kappa shape index (κ2) is 9.94. The van der Waals surface area contributed by atoms with Gasteiger partial charge < -0.3 is 14.0 Å². The average Bonchev–Trinajstić information content (AvgIpc) is 3.62. The number of aryl methyl sites for hydroxylation is 2. The van der Waals surface area contributed by atoms with E-state index >= 15 is 0 Å². The number of hydrogen-bond acceptors (Lipinski definition) is 3. The zero-order valence-corrected chi connectivity index (χ0v) is 23.4. The third-order valence-electron chi connectivity index (χ3n) is 7.86. The van der Waals surface area contributed by atoms with Crippen molar-refractivity contribution in [1.29, 1.82) is 0 Å². The van der Waals surface area contributed by atoms with Crippen LogP contribution in [0.2, 0.25) is 0 Å². The largest absolute Gasteiger partial charge is 0.435 e. The third kappa shape index (κ3) is 4.81. The Balaban J connectivity index is 1.44. The quantitative estimate of drug-likeness (QED) is 0.242. The zero-order valence-electron chi connectivity index (χ0n) is 23.4. The molecule has 10 heteroatoms. The van der Waals surface area contributed by atoms with Gasteiger partial charge in [0.15, 0.2) is 5.69 Å². The number of rotatable bonds is 6. The summed E-state index contributed by atoms with van der Waals surface area (Å²) in [7, 11) is 1.48. The zero-order chi connectivity index (χ0) is 29.1. The number of para-hydroxylation sites is 1. The lowest BCUT2D eigenvalue weighted by Crippen LogP contribution is -2.37. The topological polar surface area (TPSA) is 60.9 Å². The van der Waals surface area contributed by atoms with Crippen molar-refractivity contribution >= 4 is 16.8 Å². The number of fused-ring (bicyclic) bond motifs is 2. The van der Waals surface area contributed by atoms with Crippen LogP contribution in [-0.4, -0.2) is 41.3 Å². The average molecular weight is 561 g/mol. The molecule has 0 saturated heterocycles. The molecule has 2 aromatic carbocycles. The Morgan fingerprint density at radius 1 is 1.02 bits per heavy atom. The summed E-state index contributed by atoms with van der Waals surface area (Å²) in [6, 6.07) is 12.0. The van der Waals surface area contributed by atoms with Crippen molar-refractivity contribution in [3.05, 3.63) is 95.0 Å². The molecule has 1 aliphatic rings. The molecular weight excluding hydrogens is 529 g/mol. The van der Waals surface area contributed by atoms with Gasteiger partial charge in [0.05, 0.1) is 0 Å². The smallest absolute Gasteiger partial charge is 0.345 e. The molecule has 5 aromatic rings. The van der Waals surface area contributed by atoms with Crippen LogP contribution in [0.4, 0.5) is 13.2 Å². The predicted molar refractivity (Wildman–Crippen MR) is 150 cm³/mol. The first-order chi connectivity index (χ1) is 19.5. The summed E-state index contributed by atoms with van der Waals surface area (Å²) in [5, 5.41) is 4.83. The molecule has 0 saturated carbocycles. The Labute approximate surface area is 235 Å². The SMILES string of the molecule is Cc1nccn1Cc1cc2c(c(-c3cn(C)nc3C(F)(F)F)c1)CCN(Cc1cn(C(C)C)c3ccccc13)C2=O. The highest BCUT2D eigenvalue weighted by Crippen LogP contribution is 2.40. The third-order valence-corrected chi connectivity index (χ3v) is 7.86. The summed E-state index contributed by atoms with van der Waals surface area (Å²) in [6.07, 6.45) is 2.80. The number of carbonyl (C=O) groups excluding carboxylic acids is 1. The monoisotopic (exact) mass is 560 g/mol. The molecule has 212 valence electrons. The van der Waals surface area contributed by atoms with Crippen molar-refractivity contribution in [3.63, 3.8) is 0 Å². The van der Waals surface area contributed by atoms with Gasteiger partial charge in [-0.3, -0.25) is 9.48 Å². The summed E-state index contributed by atoms with van der Waals surface area (Å²) >= 11 is 0. The molecule has 0 fully saturated rings. The molecule has 41 heavy (non-hydrogen) atoms. The van der Waals surface area contributed by atoms with Gasteiger partial charge in [-0.05, 0) is 67.6 Å². The number of amides is 1. The van der Waals surface area contributed by atoms with Gasteiger partial charge in [-0.25, -0.2) is 4.98 Å². The van der Waals surface area contributed by atoms with Gasteiger partial charge >= 0.3 is 6.18 Å². The van der Waals surface area contributed by atoms with Crippen molar-refractivity contribution in [3.8, 4) is 11.1 Å². The lowest BCUT2D eigenvalue weighted by molar-refractivity contribution is -0.140. The van der Waals surface area contributed by atoms with Crippen LogP contribution >= 0.6 is 0 Å².